The fourth-order valence-electron chi connectivity index (χ4n) is 2.17. The number of amides is 1. The molecule has 1 saturated carbocycles. The molecule has 1 atom stereocenters. The van der Waals surface area contributed by atoms with E-state index >= 15 is 0 Å². The number of aryl methyl sites for hydroxylation is 3. The Balaban J connectivity index is 1.73. The van der Waals surface area contributed by atoms with E-state index in [2.05, 4.69) is 10.4 Å². The van der Waals surface area contributed by atoms with E-state index in [1.807, 2.05) is 24.6 Å². The highest BCUT2D eigenvalue weighted by molar-refractivity contribution is 6.53. The normalized spacial score (nSPS) is 24.3. The Bertz CT molecular complexity index is 498. The molecule has 6 heteroatoms. The van der Waals surface area contributed by atoms with Crippen LogP contribution in [-0.2, 0) is 11.3 Å². The first kappa shape index (κ1) is 14.7. The summed E-state index contributed by atoms with van der Waals surface area (Å²) in [7, 11) is 0. The van der Waals surface area contributed by atoms with Crippen molar-refractivity contribution in [3.05, 3.63) is 17.5 Å². The van der Waals surface area contributed by atoms with Crippen LogP contribution in [0.2, 0.25) is 0 Å². The van der Waals surface area contributed by atoms with Crippen LogP contribution in [0.25, 0.3) is 0 Å². The maximum atomic E-state index is 11.9. The number of nitrogens with one attached hydrogen (secondary N) is 1. The second kappa shape index (κ2) is 4.98. The summed E-state index contributed by atoms with van der Waals surface area (Å²) < 4.78 is 1.06. The number of aromatic nitrogens is 2. The number of nitrogens with zero attached hydrogens (tertiary/aromatic N) is 2. The summed E-state index contributed by atoms with van der Waals surface area (Å²) >= 11 is 11.9. The van der Waals surface area contributed by atoms with Crippen molar-refractivity contribution in [2.75, 3.05) is 6.54 Å². The van der Waals surface area contributed by atoms with Gasteiger partial charge in [-0.3, -0.25) is 9.48 Å². The van der Waals surface area contributed by atoms with Gasteiger partial charge >= 0.3 is 0 Å². The van der Waals surface area contributed by atoms with E-state index in [9.17, 15) is 4.79 Å². The first-order chi connectivity index (χ1) is 8.76. The van der Waals surface area contributed by atoms with Crippen molar-refractivity contribution in [2.24, 2.45) is 5.41 Å². The van der Waals surface area contributed by atoms with Crippen LogP contribution in [0, 0.1) is 19.3 Å². The van der Waals surface area contributed by atoms with Gasteiger partial charge in [-0.25, -0.2) is 0 Å². The quantitative estimate of drug-likeness (QED) is 0.671. The number of rotatable bonds is 5. The second-order valence-corrected chi connectivity index (χ2v) is 6.96. The molecule has 106 valence electrons. The predicted molar refractivity (Wildman–Crippen MR) is 76.5 cm³/mol. The Hall–Kier alpha value is -0.740. The molecule has 0 bridgehead atoms. The van der Waals surface area contributed by atoms with Gasteiger partial charge in [0.1, 0.15) is 4.33 Å². The third-order valence-corrected chi connectivity index (χ3v) is 4.80. The van der Waals surface area contributed by atoms with Gasteiger partial charge in [0.15, 0.2) is 0 Å². The van der Waals surface area contributed by atoms with Crippen LogP contribution in [-0.4, -0.2) is 26.6 Å². The molecule has 1 aromatic rings. The van der Waals surface area contributed by atoms with Gasteiger partial charge in [-0.2, -0.15) is 5.10 Å². The minimum atomic E-state index is -0.896. The van der Waals surface area contributed by atoms with E-state index in [1.165, 1.54) is 0 Å². The van der Waals surface area contributed by atoms with Crippen LogP contribution in [0.3, 0.4) is 0 Å². The molecule has 0 saturated heterocycles. The molecule has 1 fully saturated rings. The van der Waals surface area contributed by atoms with Crippen molar-refractivity contribution >= 4 is 29.1 Å². The summed E-state index contributed by atoms with van der Waals surface area (Å²) in [5.74, 6) is -0.0640. The lowest BCUT2D eigenvalue weighted by molar-refractivity contribution is -0.125. The van der Waals surface area contributed by atoms with Crippen LogP contribution >= 0.6 is 23.2 Å². The topological polar surface area (TPSA) is 46.9 Å². The Morgan fingerprint density at radius 1 is 1.53 bits per heavy atom. The lowest BCUT2D eigenvalue weighted by Gasteiger charge is -2.12. The number of halogens is 2. The molecule has 0 spiro atoms. The average molecular weight is 304 g/mol. The highest BCUT2D eigenvalue weighted by Gasteiger charge is 2.67. The molecule has 1 aliphatic carbocycles. The highest BCUT2D eigenvalue weighted by atomic mass is 35.5. The molecule has 1 aliphatic rings. The van der Waals surface area contributed by atoms with Gasteiger partial charge < -0.3 is 5.32 Å². The van der Waals surface area contributed by atoms with Gasteiger partial charge in [0.25, 0.3) is 0 Å². The molecular weight excluding hydrogens is 285 g/mol. The summed E-state index contributed by atoms with van der Waals surface area (Å²) in [6.45, 7) is 7.20. The summed E-state index contributed by atoms with van der Waals surface area (Å²) in [5.41, 5.74) is 1.52. The number of carbonyl (C=O) groups excluding carboxylic acids is 1. The fourth-order valence-corrected chi connectivity index (χ4v) is 2.88. The van der Waals surface area contributed by atoms with Gasteiger partial charge in [0.2, 0.25) is 5.91 Å². The Morgan fingerprint density at radius 2 is 2.16 bits per heavy atom. The summed E-state index contributed by atoms with van der Waals surface area (Å²) in [4.78, 5) is 11.9. The van der Waals surface area contributed by atoms with Crippen LogP contribution in [0.15, 0.2) is 6.07 Å². The van der Waals surface area contributed by atoms with Gasteiger partial charge in [0, 0.05) is 18.8 Å². The van der Waals surface area contributed by atoms with E-state index in [0.717, 1.165) is 24.4 Å². The molecule has 0 aromatic carbocycles. The van der Waals surface area contributed by atoms with Crippen LogP contribution in [0.1, 0.15) is 31.2 Å². The van der Waals surface area contributed by atoms with Gasteiger partial charge in [-0.1, -0.05) is 0 Å². The molecule has 1 heterocycles. The van der Waals surface area contributed by atoms with E-state index in [-0.39, 0.29) is 5.91 Å². The molecule has 1 N–H and O–H groups in total. The zero-order valence-electron chi connectivity index (χ0n) is 11.5. The second-order valence-electron chi connectivity index (χ2n) is 5.47. The zero-order chi connectivity index (χ0) is 14.3. The monoisotopic (exact) mass is 303 g/mol. The molecule has 4 nitrogen and oxygen atoms in total. The number of carbonyl (C=O) groups is 1. The van der Waals surface area contributed by atoms with Crippen molar-refractivity contribution in [2.45, 2.75) is 44.5 Å². The summed E-state index contributed by atoms with van der Waals surface area (Å²) in [6.07, 6.45) is 1.35. The van der Waals surface area contributed by atoms with Gasteiger partial charge in [-0.15, -0.1) is 23.2 Å². The smallest absolute Gasteiger partial charge is 0.229 e. The molecule has 0 aliphatic heterocycles. The predicted octanol–water partition coefficient (Wildman–Crippen LogP) is 2.59. The van der Waals surface area contributed by atoms with Crippen molar-refractivity contribution < 1.29 is 4.79 Å². The first-order valence-corrected chi connectivity index (χ1v) is 7.19. The maximum Gasteiger partial charge on any atom is 0.229 e. The molecule has 1 aromatic heterocycles. The number of hydrogen-bond acceptors (Lipinski definition) is 2. The fraction of sp³-hybridized carbons (Fsp3) is 0.692. The molecule has 0 radical (unpaired) electrons. The standard InChI is InChI=1S/C13H19Cl2N3O/c1-9-7-10(2)18(17-9)6-4-5-16-11(19)12(3)8-13(12,14)15/h7H,4-6,8H2,1-3H3,(H,16,19). The van der Waals surface area contributed by atoms with Crippen LogP contribution in [0.5, 0.6) is 0 Å². The zero-order valence-corrected chi connectivity index (χ0v) is 13.0. The molecule has 2 rings (SSSR count). The lowest BCUT2D eigenvalue weighted by atomic mass is 10.1. The van der Waals surface area contributed by atoms with E-state index in [4.69, 9.17) is 23.2 Å². The Kier molecular flexibility index (Phi) is 3.85. The lowest BCUT2D eigenvalue weighted by Crippen LogP contribution is -2.34. The Morgan fingerprint density at radius 3 is 2.63 bits per heavy atom. The number of hydrogen-bond donors (Lipinski definition) is 1. The van der Waals surface area contributed by atoms with Crippen LogP contribution in [0.4, 0.5) is 0 Å². The highest BCUT2D eigenvalue weighted by Crippen LogP contribution is 2.63. The first-order valence-electron chi connectivity index (χ1n) is 6.43. The molecule has 1 unspecified atom stereocenters. The maximum absolute atomic E-state index is 11.9. The SMILES string of the molecule is Cc1cc(C)n(CCCNC(=O)C2(C)CC2(Cl)Cl)n1. The molecule has 1 amide bonds. The van der Waals surface area contributed by atoms with Crippen molar-refractivity contribution in [1.29, 1.82) is 0 Å². The largest absolute Gasteiger partial charge is 0.355 e. The summed E-state index contributed by atoms with van der Waals surface area (Å²) in [6, 6.07) is 2.04. The Labute approximate surface area is 123 Å². The minimum Gasteiger partial charge on any atom is -0.355 e. The van der Waals surface area contributed by atoms with Gasteiger partial charge in [-0.05, 0) is 39.7 Å². The third kappa shape index (κ3) is 2.90. The summed E-state index contributed by atoms with van der Waals surface area (Å²) in [5, 5.41) is 7.26. The van der Waals surface area contributed by atoms with E-state index in [0.29, 0.717) is 13.0 Å². The average Bonchev–Trinajstić information content (AvgIpc) is 2.65. The van der Waals surface area contributed by atoms with E-state index < -0.39 is 9.75 Å². The van der Waals surface area contributed by atoms with Crippen molar-refractivity contribution in [3.8, 4) is 0 Å². The minimum absolute atomic E-state index is 0.0640. The third-order valence-electron chi connectivity index (χ3n) is 3.69. The van der Waals surface area contributed by atoms with Crippen molar-refractivity contribution in [3.63, 3.8) is 0 Å². The molecular formula is C13H19Cl2N3O. The van der Waals surface area contributed by atoms with Crippen LogP contribution < -0.4 is 5.32 Å². The van der Waals surface area contributed by atoms with Gasteiger partial charge in [0.05, 0.1) is 11.1 Å². The molecule has 19 heavy (non-hydrogen) atoms. The number of alkyl halides is 2. The van der Waals surface area contributed by atoms with E-state index in [1.54, 1.807) is 6.92 Å². The van der Waals surface area contributed by atoms with Crippen molar-refractivity contribution in [1.82, 2.24) is 15.1 Å².